The molecule has 0 N–H and O–H groups in total. The molecule has 1 atom stereocenters. The smallest absolute Gasteiger partial charge is 0.257 e. The molecule has 8 heteroatoms. The van der Waals surface area contributed by atoms with Gasteiger partial charge in [0.15, 0.2) is 0 Å². The molecule has 0 aliphatic carbocycles. The van der Waals surface area contributed by atoms with Gasteiger partial charge in [-0.15, -0.1) is 0 Å². The summed E-state index contributed by atoms with van der Waals surface area (Å²) in [4.78, 5) is 34.3. The zero-order chi connectivity index (χ0) is 23.6. The van der Waals surface area contributed by atoms with E-state index in [2.05, 4.69) is 23.9 Å². The van der Waals surface area contributed by atoms with Crippen LogP contribution in [0.2, 0.25) is 0 Å². The highest BCUT2D eigenvalue weighted by Crippen LogP contribution is 2.23. The van der Waals surface area contributed by atoms with E-state index in [1.807, 2.05) is 41.0 Å². The van der Waals surface area contributed by atoms with E-state index in [-0.39, 0.29) is 17.9 Å². The summed E-state index contributed by atoms with van der Waals surface area (Å²) >= 11 is 0. The average Bonchev–Trinajstić information content (AvgIpc) is 3.32. The van der Waals surface area contributed by atoms with Crippen LogP contribution in [-0.2, 0) is 11.3 Å². The van der Waals surface area contributed by atoms with Gasteiger partial charge in [0, 0.05) is 32.6 Å². The van der Waals surface area contributed by atoms with Crippen molar-refractivity contribution in [3.63, 3.8) is 0 Å². The summed E-state index contributed by atoms with van der Waals surface area (Å²) in [6.45, 7) is 9.38. The highest BCUT2D eigenvalue weighted by atomic mass is 16.5. The van der Waals surface area contributed by atoms with E-state index < -0.39 is 0 Å². The second-order valence-corrected chi connectivity index (χ2v) is 9.03. The molecule has 3 rings (SSSR count). The van der Waals surface area contributed by atoms with Crippen LogP contribution in [0, 0.1) is 5.92 Å². The number of rotatable bonds is 7. The van der Waals surface area contributed by atoms with Gasteiger partial charge in [-0.05, 0) is 50.7 Å². The molecule has 1 aromatic carbocycles. The molecular formula is C25H37N5O3. The van der Waals surface area contributed by atoms with Crippen LogP contribution in [0.15, 0.2) is 36.9 Å². The maximum Gasteiger partial charge on any atom is 0.257 e. The van der Waals surface area contributed by atoms with Crippen LogP contribution in [0.4, 0.5) is 0 Å². The van der Waals surface area contributed by atoms with E-state index in [4.69, 9.17) is 4.74 Å². The van der Waals surface area contributed by atoms with Gasteiger partial charge in [-0.25, -0.2) is 4.98 Å². The zero-order valence-corrected chi connectivity index (χ0v) is 20.2. The van der Waals surface area contributed by atoms with Gasteiger partial charge in [0.25, 0.3) is 5.91 Å². The van der Waals surface area contributed by atoms with Crippen molar-refractivity contribution in [3.05, 3.63) is 42.5 Å². The van der Waals surface area contributed by atoms with Crippen LogP contribution in [-0.4, -0.2) is 68.7 Å². The SMILES string of the molecule is CCN1CCCCN(C(=O)CCCn2cncn2)[C@@H](CC(C)C)COc2ccccc2C1=O. The largest absolute Gasteiger partial charge is 0.491 e. The van der Waals surface area contributed by atoms with Crippen LogP contribution in [0.3, 0.4) is 0 Å². The van der Waals surface area contributed by atoms with Crippen LogP contribution in [0.25, 0.3) is 0 Å². The number of benzene rings is 1. The van der Waals surface area contributed by atoms with Crippen molar-refractivity contribution >= 4 is 11.8 Å². The highest BCUT2D eigenvalue weighted by molar-refractivity contribution is 5.96. The van der Waals surface area contributed by atoms with Gasteiger partial charge in [0.2, 0.25) is 5.91 Å². The molecule has 0 saturated heterocycles. The Balaban J connectivity index is 1.78. The summed E-state index contributed by atoms with van der Waals surface area (Å²) in [6, 6.07) is 7.41. The summed E-state index contributed by atoms with van der Waals surface area (Å²) < 4.78 is 7.97. The standard InChI is InChI=1S/C25H37N5O3/c1-4-28-13-7-8-15-30(24(31)12-9-14-29-19-26-18-27-29)21(16-20(2)3)17-33-23-11-6-5-10-22(23)25(28)32/h5-6,10-11,18-21H,4,7-9,12-17H2,1-3H3/t21-/m0/s1. The number of aromatic nitrogens is 3. The molecule has 1 aliphatic rings. The minimum Gasteiger partial charge on any atom is -0.491 e. The first-order chi connectivity index (χ1) is 16.0. The van der Waals surface area contributed by atoms with E-state index in [9.17, 15) is 9.59 Å². The maximum absolute atomic E-state index is 13.3. The maximum atomic E-state index is 13.3. The molecule has 0 spiro atoms. The Hall–Kier alpha value is -2.90. The molecule has 2 amide bonds. The molecule has 1 aliphatic heterocycles. The number of aryl methyl sites for hydroxylation is 1. The highest BCUT2D eigenvalue weighted by Gasteiger charge is 2.27. The molecule has 0 unspecified atom stereocenters. The monoisotopic (exact) mass is 455 g/mol. The first-order valence-corrected chi connectivity index (χ1v) is 12.1. The Morgan fingerprint density at radius 3 is 2.73 bits per heavy atom. The number of ether oxygens (including phenoxy) is 1. The molecule has 1 aromatic heterocycles. The van der Waals surface area contributed by atoms with Crippen molar-refractivity contribution in [3.8, 4) is 5.75 Å². The number of amides is 2. The second kappa shape index (κ2) is 12.4. The topological polar surface area (TPSA) is 80.6 Å². The van der Waals surface area contributed by atoms with Gasteiger partial charge in [-0.1, -0.05) is 26.0 Å². The predicted molar refractivity (Wildman–Crippen MR) is 127 cm³/mol. The minimum absolute atomic E-state index is 0.00938. The van der Waals surface area contributed by atoms with E-state index >= 15 is 0 Å². The van der Waals surface area contributed by atoms with Gasteiger partial charge < -0.3 is 14.5 Å². The van der Waals surface area contributed by atoms with Gasteiger partial charge in [0.1, 0.15) is 25.0 Å². The summed E-state index contributed by atoms with van der Waals surface area (Å²) in [6.07, 6.45) is 6.94. The number of hydrogen-bond acceptors (Lipinski definition) is 5. The molecule has 0 saturated carbocycles. The zero-order valence-electron chi connectivity index (χ0n) is 20.2. The van der Waals surface area contributed by atoms with E-state index in [0.717, 1.165) is 25.7 Å². The lowest BCUT2D eigenvalue weighted by atomic mass is 10.0. The second-order valence-electron chi connectivity index (χ2n) is 9.03. The quantitative estimate of drug-likeness (QED) is 0.637. The fourth-order valence-corrected chi connectivity index (χ4v) is 4.34. The molecule has 8 nitrogen and oxygen atoms in total. The summed E-state index contributed by atoms with van der Waals surface area (Å²) in [7, 11) is 0. The van der Waals surface area contributed by atoms with Crippen molar-refractivity contribution in [1.82, 2.24) is 24.6 Å². The lowest BCUT2D eigenvalue weighted by Crippen LogP contribution is -2.45. The third-order valence-corrected chi connectivity index (χ3v) is 6.04. The number of carbonyl (C=O) groups is 2. The number of para-hydroxylation sites is 1. The molecule has 2 heterocycles. The van der Waals surface area contributed by atoms with Crippen LogP contribution >= 0.6 is 0 Å². The molecule has 0 bridgehead atoms. The number of fused-ring (bicyclic) bond motifs is 1. The molecule has 180 valence electrons. The molecular weight excluding hydrogens is 418 g/mol. The third-order valence-electron chi connectivity index (χ3n) is 6.04. The van der Waals surface area contributed by atoms with Crippen molar-refractivity contribution in [2.75, 3.05) is 26.2 Å². The van der Waals surface area contributed by atoms with Crippen molar-refractivity contribution in [2.45, 2.75) is 65.5 Å². The number of carbonyl (C=O) groups excluding carboxylic acids is 2. The Kier molecular flexibility index (Phi) is 9.27. The van der Waals surface area contributed by atoms with Crippen LogP contribution < -0.4 is 4.74 Å². The van der Waals surface area contributed by atoms with E-state index in [1.165, 1.54) is 6.33 Å². The number of nitrogens with zero attached hydrogens (tertiary/aromatic N) is 5. The Bertz CT molecular complexity index is 884. The van der Waals surface area contributed by atoms with E-state index in [1.54, 1.807) is 11.0 Å². The molecule has 0 radical (unpaired) electrons. The molecule has 0 fully saturated rings. The van der Waals surface area contributed by atoms with E-state index in [0.29, 0.717) is 56.4 Å². The van der Waals surface area contributed by atoms with Gasteiger partial charge in [-0.3, -0.25) is 14.3 Å². The first kappa shape index (κ1) is 24.7. The number of hydrogen-bond donors (Lipinski definition) is 0. The molecule has 2 aromatic rings. The van der Waals surface area contributed by atoms with Crippen LogP contribution in [0.1, 0.15) is 63.2 Å². The van der Waals surface area contributed by atoms with Gasteiger partial charge in [-0.2, -0.15) is 5.10 Å². The predicted octanol–water partition coefficient (Wildman–Crippen LogP) is 3.64. The summed E-state index contributed by atoms with van der Waals surface area (Å²) in [5.41, 5.74) is 0.592. The molecule has 33 heavy (non-hydrogen) atoms. The minimum atomic E-state index is -0.0336. The lowest BCUT2D eigenvalue weighted by Gasteiger charge is -2.34. The first-order valence-electron chi connectivity index (χ1n) is 12.1. The fourth-order valence-electron chi connectivity index (χ4n) is 4.34. The van der Waals surface area contributed by atoms with Crippen molar-refractivity contribution in [1.29, 1.82) is 0 Å². The normalized spacial score (nSPS) is 17.8. The Labute approximate surface area is 196 Å². The summed E-state index contributed by atoms with van der Waals surface area (Å²) in [5.74, 6) is 1.17. The van der Waals surface area contributed by atoms with Crippen LogP contribution in [0.5, 0.6) is 5.75 Å². The van der Waals surface area contributed by atoms with Gasteiger partial charge >= 0.3 is 0 Å². The summed E-state index contributed by atoms with van der Waals surface area (Å²) in [5, 5.41) is 4.12. The van der Waals surface area contributed by atoms with Crippen molar-refractivity contribution < 1.29 is 14.3 Å². The van der Waals surface area contributed by atoms with Gasteiger partial charge in [0.05, 0.1) is 11.6 Å². The fraction of sp³-hybridized carbons (Fsp3) is 0.600. The van der Waals surface area contributed by atoms with Crippen molar-refractivity contribution in [2.24, 2.45) is 5.92 Å². The Morgan fingerprint density at radius 2 is 2.00 bits per heavy atom. The Morgan fingerprint density at radius 1 is 1.21 bits per heavy atom. The third kappa shape index (κ3) is 7.04. The average molecular weight is 456 g/mol. The lowest BCUT2D eigenvalue weighted by molar-refractivity contribution is -0.135.